The summed E-state index contributed by atoms with van der Waals surface area (Å²) >= 11 is 0. The maximum absolute atomic E-state index is 9.92. The predicted molar refractivity (Wildman–Crippen MR) is 26.6 cm³/mol. The zero-order chi connectivity index (χ0) is 6.57. The Labute approximate surface area is 46.9 Å². The second kappa shape index (κ2) is 3.40. The number of aliphatic hydroxyl groups is 2. The molecule has 1 amide bonds. The Morgan fingerprint density at radius 2 is 2.38 bits per heavy atom. The standard InChI is InChI=1S/C4H8NO3/c5-4(8)3(7)1-2-6/h1,3,6-7H,2H2,(H2,5,8)/t3-/m0/s1. The highest BCUT2D eigenvalue weighted by molar-refractivity contribution is 5.79. The van der Waals surface area contributed by atoms with Gasteiger partial charge < -0.3 is 15.9 Å². The SMILES string of the molecule is NC(=O)[C@@H](O)[CH]CO. The monoisotopic (exact) mass is 118 g/mol. The average Bonchev–Trinajstić information content (AvgIpc) is 1.67. The number of hydrogen-bond acceptors (Lipinski definition) is 3. The summed E-state index contributed by atoms with van der Waals surface area (Å²) in [6, 6.07) is 0. The second-order valence-electron chi connectivity index (χ2n) is 1.27. The summed E-state index contributed by atoms with van der Waals surface area (Å²) in [5.74, 6) is -0.848. The number of carbonyl (C=O) groups is 1. The van der Waals surface area contributed by atoms with E-state index < -0.39 is 12.0 Å². The van der Waals surface area contributed by atoms with Crippen LogP contribution in [0, 0.1) is 6.42 Å². The smallest absolute Gasteiger partial charge is 0.246 e. The quantitative estimate of drug-likeness (QED) is 0.402. The van der Waals surface area contributed by atoms with Gasteiger partial charge in [-0.2, -0.15) is 0 Å². The van der Waals surface area contributed by atoms with E-state index in [-0.39, 0.29) is 6.61 Å². The van der Waals surface area contributed by atoms with Crippen molar-refractivity contribution in [2.75, 3.05) is 6.61 Å². The van der Waals surface area contributed by atoms with Gasteiger partial charge in [0.25, 0.3) is 0 Å². The molecule has 0 rings (SSSR count). The normalized spacial score (nSPS) is 13.2. The van der Waals surface area contributed by atoms with E-state index in [1.165, 1.54) is 0 Å². The largest absolute Gasteiger partial charge is 0.396 e. The van der Waals surface area contributed by atoms with Crippen molar-refractivity contribution in [3.05, 3.63) is 6.42 Å². The third-order valence-electron chi connectivity index (χ3n) is 0.620. The molecular formula is C4H8NO3. The molecule has 0 heterocycles. The number of hydrogen-bond donors (Lipinski definition) is 3. The molecule has 0 aromatic heterocycles. The van der Waals surface area contributed by atoms with E-state index in [1.54, 1.807) is 0 Å². The lowest BCUT2D eigenvalue weighted by atomic mass is 10.2. The molecule has 0 aromatic rings. The molecule has 4 N–H and O–H groups in total. The zero-order valence-corrected chi connectivity index (χ0v) is 4.24. The van der Waals surface area contributed by atoms with Gasteiger partial charge in [0.1, 0.15) is 6.10 Å². The second-order valence-corrected chi connectivity index (χ2v) is 1.27. The van der Waals surface area contributed by atoms with Gasteiger partial charge in [0, 0.05) is 13.0 Å². The van der Waals surface area contributed by atoms with Gasteiger partial charge in [-0.1, -0.05) is 0 Å². The van der Waals surface area contributed by atoms with E-state index in [0.717, 1.165) is 6.42 Å². The minimum Gasteiger partial charge on any atom is -0.396 e. The molecule has 0 aliphatic heterocycles. The molecule has 47 valence electrons. The van der Waals surface area contributed by atoms with Crippen LogP contribution < -0.4 is 5.73 Å². The van der Waals surface area contributed by atoms with Crippen molar-refractivity contribution in [3.8, 4) is 0 Å². The molecule has 0 aromatic carbocycles. The van der Waals surface area contributed by atoms with Crippen LogP contribution in [0.1, 0.15) is 0 Å². The fraction of sp³-hybridized carbons (Fsp3) is 0.500. The molecule has 0 fully saturated rings. The summed E-state index contributed by atoms with van der Waals surface area (Å²) in [6.07, 6.45) is -0.317. The van der Waals surface area contributed by atoms with Crippen molar-refractivity contribution in [2.45, 2.75) is 6.10 Å². The molecule has 4 nitrogen and oxygen atoms in total. The lowest BCUT2D eigenvalue weighted by molar-refractivity contribution is -0.124. The fourth-order valence-corrected chi connectivity index (χ4v) is 0.216. The Hall–Kier alpha value is -0.610. The maximum Gasteiger partial charge on any atom is 0.246 e. The van der Waals surface area contributed by atoms with Crippen LogP contribution in [-0.4, -0.2) is 28.8 Å². The Bertz CT molecular complexity index is 83.4. The molecule has 0 saturated carbocycles. The van der Waals surface area contributed by atoms with Crippen molar-refractivity contribution in [1.29, 1.82) is 0 Å². The third kappa shape index (κ3) is 2.54. The van der Waals surface area contributed by atoms with Gasteiger partial charge in [-0.15, -0.1) is 0 Å². The molecule has 1 radical (unpaired) electrons. The average molecular weight is 118 g/mol. The summed E-state index contributed by atoms with van der Waals surface area (Å²) in [5.41, 5.74) is 4.59. The highest BCUT2D eigenvalue weighted by Gasteiger charge is 2.08. The van der Waals surface area contributed by atoms with E-state index in [9.17, 15) is 4.79 Å². The van der Waals surface area contributed by atoms with Crippen LogP contribution in [0.25, 0.3) is 0 Å². The highest BCUT2D eigenvalue weighted by Crippen LogP contribution is 1.83. The van der Waals surface area contributed by atoms with Crippen LogP contribution in [0.2, 0.25) is 0 Å². The first-order valence-corrected chi connectivity index (χ1v) is 2.10. The van der Waals surface area contributed by atoms with E-state index in [2.05, 4.69) is 5.73 Å². The third-order valence-corrected chi connectivity index (χ3v) is 0.620. The van der Waals surface area contributed by atoms with Gasteiger partial charge in [0.05, 0.1) is 0 Å². The van der Waals surface area contributed by atoms with Crippen LogP contribution in [0.15, 0.2) is 0 Å². The lowest BCUT2D eigenvalue weighted by Gasteiger charge is -1.99. The van der Waals surface area contributed by atoms with E-state index in [1.807, 2.05) is 0 Å². The number of amides is 1. The van der Waals surface area contributed by atoms with Crippen LogP contribution in [0.4, 0.5) is 0 Å². The Morgan fingerprint density at radius 1 is 1.88 bits per heavy atom. The van der Waals surface area contributed by atoms with Gasteiger partial charge in [0.15, 0.2) is 0 Å². The number of rotatable bonds is 3. The number of aliphatic hydroxyl groups excluding tert-OH is 2. The first kappa shape index (κ1) is 7.39. The molecule has 0 bridgehead atoms. The fourth-order valence-electron chi connectivity index (χ4n) is 0.216. The van der Waals surface area contributed by atoms with Gasteiger partial charge in [-0.05, 0) is 0 Å². The molecule has 0 aliphatic rings. The van der Waals surface area contributed by atoms with E-state index in [4.69, 9.17) is 10.2 Å². The molecule has 0 spiro atoms. The maximum atomic E-state index is 9.92. The van der Waals surface area contributed by atoms with Gasteiger partial charge in [0.2, 0.25) is 5.91 Å². The minimum absolute atomic E-state index is 0.343. The molecule has 0 aliphatic carbocycles. The first-order chi connectivity index (χ1) is 3.68. The summed E-state index contributed by atoms with van der Waals surface area (Å²) in [6.45, 7) is -0.343. The molecule has 0 saturated heterocycles. The topological polar surface area (TPSA) is 83.6 Å². The van der Waals surface area contributed by atoms with Crippen LogP contribution >= 0.6 is 0 Å². The molecule has 8 heavy (non-hydrogen) atoms. The Morgan fingerprint density at radius 3 is 2.50 bits per heavy atom. The van der Waals surface area contributed by atoms with E-state index in [0.29, 0.717) is 0 Å². The molecular weight excluding hydrogens is 110 g/mol. The summed E-state index contributed by atoms with van der Waals surface area (Å²) in [7, 11) is 0. The van der Waals surface area contributed by atoms with Gasteiger partial charge in [-0.25, -0.2) is 0 Å². The molecule has 0 unspecified atom stereocenters. The highest BCUT2D eigenvalue weighted by atomic mass is 16.3. The van der Waals surface area contributed by atoms with Crippen LogP contribution in [0.3, 0.4) is 0 Å². The zero-order valence-electron chi connectivity index (χ0n) is 4.24. The van der Waals surface area contributed by atoms with Crippen molar-refractivity contribution >= 4 is 5.91 Å². The van der Waals surface area contributed by atoms with Crippen molar-refractivity contribution < 1.29 is 15.0 Å². The summed E-state index contributed by atoms with van der Waals surface area (Å²) in [4.78, 5) is 9.92. The summed E-state index contributed by atoms with van der Waals surface area (Å²) < 4.78 is 0. The van der Waals surface area contributed by atoms with Gasteiger partial charge in [-0.3, -0.25) is 4.79 Å². The number of primary amides is 1. The summed E-state index contributed by atoms with van der Waals surface area (Å²) in [5, 5.41) is 16.5. The molecule has 4 heteroatoms. The van der Waals surface area contributed by atoms with Crippen molar-refractivity contribution in [1.82, 2.24) is 0 Å². The number of nitrogens with two attached hydrogens (primary N) is 1. The Balaban J connectivity index is 3.32. The van der Waals surface area contributed by atoms with Crippen molar-refractivity contribution in [3.63, 3.8) is 0 Å². The van der Waals surface area contributed by atoms with Crippen LogP contribution in [-0.2, 0) is 4.79 Å². The minimum atomic E-state index is -1.32. The molecule has 1 atom stereocenters. The van der Waals surface area contributed by atoms with E-state index >= 15 is 0 Å². The van der Waals surface area contributed by atoms with Crippen molar-refractivity contribution in [2.24, 2.45) is 5.73 Å². The number of carbonyl (C=O) groups excluding carboxylic acids is 1. The first-order valence-electron chi connectivity index (χ1n) is 2.10. The lowest BCUT2D eigenvalue weighted by Crippen LogP contribution is -2.29. The Kier molecular flexibility index (Phi) is 3.14. The van der Waals surface area contributed by atoms with Crippen LogP contribution in [0.5, 0.6) is 0 Å². The van der Waals surface area contributed by atoms with Gasteiger partial charge >= 0.3 is 0 Å². The predicted octanol–water partition coefficient (Wildman–Crippen LogP) is -1.97.